The van der Waals surface area contributed by atoms with Crippen LogP contribution in [0.15, 0.2) is 65.2 Å². The van der Waals surface area contributed by atoms with Crippen molar-refractivity contribution in [2.45, 2.75) is 64.8 Å². The second kappa shape index (κ2) is 11.7. The van der Waals surface area contributed by atoms with Gasteiger partial charge in [0.2, 0.25) is 11.8 Å². The zero-order valence-electron chi connectivity index (χ0n) is 19.8. The monoisotopic (exact) mass is 442 g/mol. The topological polar surface area (TPSA) is 63.8 Å². The Bertz CT molecular complexity index is 1140. The van der Waals surface area contributed by atoms with Crippen LogP contribution in [0, 0.1) is 0 Å². The van der Waals surface area contributed by atoms with E-state index in [1.165, 1.54) is 30.4 Å². The van der Waals surface area contributed by atoms with Crippen molar-refractivity contribution in [1.82, 2.24) is 20.5 Å². The highest BCUT2D eigenvalue weighted by atomic mass is 16.4. The summed E-state index contributed by atoms with van der Waals surface area (Å²) in [6.07, 6.45) is 8.51. The van der Waals surface area contributed by atoms with Crippen LogP contribution in [0.2, 0.25) is 0 Å². The van der Waals surface area contributed by atoms with E-state index in [2.05, 4.69) is 82.9 Å². The highest BCUT2D eigenvalue weighted by molar-refractivity contribution is 5.94. The Labute approximate surface area is 196 Å². The number of pyridine rings is 1. The highest BCUT2D eigenvalue weighted by Crippen LogP contribution is 2.31. The van der Waals surface area contributed by atoms with Gasteiger partial charge in [0.15, 0.2) is 0 Å². The van der Waals surface area contributed by atoms with E-state index in [0.717, 1.165) is 48.8 Å². The smallest absolute Gasteiger partial charge is 0.248 e. The van der Waals surface area contributed by atoms with E-state index in [9.17, 15) is 0 Å². The van der Waals surface area contributed by atoms with E-state index >= 15 is 0 Å². The second-order valence-corrected chi connectivity index (χ2v) is 8.66. The van der Waals surface area contributed by atoms with Gasteiger partial charge in [-0.15, -0.1) is 10.2 Å². The molecule has 4 aromatic rings. The van der Waals surface area contributed by atoms with E-state index in [1.807, 2.05) is 12.3 Å². The third-order valence-corrected chi connectivity index (χ3v) is 6.14. The molecule has 0 aliphatic carbocycles. The van der Waals surface area contributed by atoms with Gasteiger partial charge in [0.25, 0.3) is 0 Å². The predicted octanol–water partition coefficient (Wildman–Crippen LogP) is 6.69. The van der Waals surface area contributed by atoms with E-state index in [-0.39, 0.29) is 0 Å². The maximum atomic E-state index is 6.21. The lowest BCUT2D eigenvalue weighted by atomic mass is 9.90. The lowest BCUT2D eigenvalue weighted by Gasteiger charge is -2.15. The molecule has 1 N–H and O–H groups in total. The molecule has 0 amide bonds. The summed E-state index contributed by atoms with van der Waals surface area (Å²) < 4.78 is 6.21. The zero-order chi connectivity index (χ0) is 22.9. The molecule has 0 saturated heterocycles. The lowest BCUT2D eigenvalue weighted by Crippen LogP contribution is -2.14. The zero-order valence-corrected chi connectivity index (χ0v) is 19.8. The average molecular weight is 443 g/mol. The molecule has 2 aromatic carbocycles. The summed E-state index contributed by atoms with van der Waals surface area (Å²) in [4.78, 5) is 4.65. The molecule has 0 fully saturated rings. The molecule has 5 heteroatoms. The summed E-state index contributed by atoms with van der Waals surface area (Å²) in [5.41, 5.74) is 4.45. The van der Waals surface area contributed by atoms with Crippen molar-refractivity contribution in [3.8, 4) is 11.5 Å². The van der Waals surface area contributed by atoms with Crippen LogP contribution < -0.4 is 5.32 Å². The molecule has 33 heavy (non-hydrogen) atoms. The number of benzene rings is 2. The van der Waals surface area contributed by atoms with Gasteiger partial charge >= 0.3 is 0 Å². The van der Waals surface area contributed by atoms with Crippen molar-refractivity contribution >= 4 is 10.9 Å². The fraction of sp³-hybridized carbons (Fsp3) is 0.393. The van der Waals surface area contributed by atoms with Crippen LogP contribution in [0.1, 0.15) is 68.9 Å². The Morgan fingerprint density at radius 3 is 2.61 bits per heavy atom. The molecule has 2 aromatic heterocycles. The Morgan fingerprint density at radius 1 is 0.909 bits per heavy atom. The number of hydrogen-bond acceptors (Lipinski definition) is 5. The van der Waals surface area contributed by atoms with Gasteiger partial charge in [-0.3, -0.25) is 4.98 Å². The third-order valence-electron chi connectivity index (χ3n) is 6.14. The van der Waals surface area contributed by atoms with Crippen molar-refractivity contribution in [3.05, 3.63) is 77.8 Å². The van der Waals surface area contributed by atoms with Crippen LogP contribution in [0.4, 0.5) is 0 Å². The molecule has 4 rings (SSSR count). The van der Waals surface area contributed by atoms with Gasteiger partial charge in [0.1, 0.15) is 0 Å². The molecule has 0 radical (unpaired) electrons. The molecule has 0 aliphatic heterocycles. The summed E-state index contributed by atoms with van der Waals surface area (Å²) in [5, 5.41) is 13.4. The van der Waals surface area contributed by atoms with Crippen LogP contribution in [-0.4, -0.2) is 21.7 Å². The largest absolute Gasteiger partial charge is 0.421 e. The Morgan fingerprint density at radius 2 is 1.79 bits per heavy atom. The Kier molecular flexibility index (Phi) is 8.20. The number of rotatable bonds is 12. The second-order valence-electron chi connectivity index (χ2n) is 8.66. The maximum absolute atomic E-state index is 6.21. The highest BCUT2D eigenvalue weighted by Gasteiger charge is 2.18. The summed E-state index contributed by atoms with van der Waals surface area (Å²) >= 11 is 0. The summed E-state index contributed by atoms with van der Waals surface area (Å²) in [7, 11) is 0. The van der Waals surface area contributed by atoms with Crippen LogP contribution in [0.5, 0.6) is 0 Å². The van der Waals surface area contributed by atoms with Crippen LogP contribution >= 0.6 is 0 Å². The standard InChI is InChI=1S/C28H34N4O/c1-3-5-7-13-22(21-11-8-6-9-12-21)19-26-31-32-28(33-26)25-16-15-23(20-29-17-4-2)27-24(25)14-10-18-30-27/h6,8-12,14-16,18,22,29H,3-5,7,13,17,19-20H2,1-2H3. The molecular formula is C28H34N4O. The molecule has 1 unspecified atom stereocenters. The van der Waals surface area contributed by atoms with Gasteiger partial charge < -0.3 is 9.73 Å². The molecule has 2 heterocycles. The van der Waals surface area contributed by atoms with Gasteiger partial charge in [-0.1, -0.05) is 75.6 Å². The first-order valence-corrected chi connectivity index (χ1v) is 12.2. The number of fused-ring (bicyclic) bond motifs is 1. The molecule has 0 saturated carbocycles. The minimum atomic E-state index is 0.386. The normalized spacial score (nSPS) is 12.3. The first kappa shape index (κ1) is 23.1. The fourth-order valence-electron chi connectivity index (χ4n) is 4.37. The van der Waals surface area contributed by atoms with E-state index in [4.69, 9.17) is 4.42 Å². The molecule has 1 atom stereocenters. The number of nitrogens with one attached hydrogen (secondary N) is 1. The van der Waals surface area contributed by atoms with E-state index < -0.39 is 0 Å². The van der Waals surface area contributed by atoms with Crippen LogP contribution in [0.25, 0.3) is 22.4 Å². The van der Waals surface area contributed by atoms with E-state index in [0.29, 0.717) is 17.7 Å². The van der Waals surface area contributed by atoms with Crippen molar-refractivity contribution < 1.29 is 4.42 Å². The average Bonchev–Trinajstić information content (AvgIpc) is 3.32. The van der Waals surface area contributed by atoms with E-state index in [1.54, 1.807) is 0 Å². The summed E-state index contributed by atoms with van der Waals surface area (Å²) in [6, 6.07) is 19.0. The number of hydrogen-bond donors (Lipinski definition) is 1. The van der Waals surface area contributed by atoms with Gasteiger partial charge in [0, 0.05) is 30.1 Å². The predicted molar refractivity (Wildman–Crippen MR) is 134 cm³/mol. The number of aromatic nitrogens is 3. The quantitative estimate of drug-likeness (QED) is 0.248. The molecule has 0 spiro atoms. The minimum Gasteiger partial charge on any atom is -0.421 e. The first-order valence-electron chi connectivity index (χ1n) is 12.2. The molecule has 5 nitrogen and oxygen atoms in total. The van der Waals surface area contributed by atoms with Crippen LogP contribution in [0.3, 0.4) is 0 Å². The molecule has 172 valence electrons. The summed E-state index contributed by atoms with van der Waals surface area (Å²) in [6.45, 7) is 6.20. The van der Waals surface area contributed by atoms with Crippen molar-refractivity contribution in [2.24, 2.45) is 0 Å². The van der Waals surface area contributed by atoms with Gasteiger partial charge in [-0.25, -0.2) is 0 Å². The van der Waals surface area contributed by atoms with Crippen molar-refractivity contribution in [2.75, 3.05) is 6.54 Å². The SMILES string of the molecule is CCCCCC(Cc1nnc(-c2ccc(CNCCC)c3ncccc23)o1)c1ccccc1. The first-order chi connectivity index (χ1) is 16.3. The van der Waals surface area contributed by atoms with Gasteiger partial charge in [-0.2, -0.15) is 0 Å². The van der Waals surface area contributed by atoms with Gasteiger partial charge in [-0.05, 0) is 48.6 Å². The van der Waals surface area contributed by atoms with Gasteiger partial charge in [0.05, 0.1) is 5.52 Å². The Hall–Kier alpha value is -3.05. The molecule has 0 bridgehead atoms. The van der Waals surface area contributed by atoms with Crippen molar-refractivity contribution in [3.63, 3.8) is 0 Å². The lowest BCUT2D eigenvalue weighted by molar-refractivity contribution is 0.461. The minimum absolute atomic E-state index is 0.386. The third kappa shape index (κ3) is 5.85. The van der Waals surface area contributed by atoms with Crippen LogP contribution in [-0.2, 0) is 13.0 Å². The fourth-order valence-corrected chi connectivity index (χ4v) is 4.37. The number of unbranched alkanes of at least 4 members (excludes halogenated alkanes) is 2. The summed E-state index contributed by atoms with van der Waals surface area (Å²) in [5.74, 6) is 1.65. The molecular weight excluding hydrogens is 408 g/mol. The number of nitrogens with zero attached hydrogens (tertiary/aromatic N) is 3. The maximum Gasteiger partial charge on any atom is 0.248 e. The van der Waals surface area contributed by atoms with Crippen molar-refractivity contribution in [1.29, 1.82) is 0 Å². The molecule has 0 aliphatic rings. The Balaban J connectivity index is 1.58.